The smallest absolute Gasteiger partial charge is 0.411 e. The first-order chi connectivity index (χ1) is 9.28. The summed E-state index contributed by atoms with van der Waals surface area (Å²) in [6, 6.07) is -1.21. The van der Waals surface area contributed by atoms with Gasteiger partial charge in [0.25, 0.3) is 0 Å². The van der Waals surface area contributed by atoms with Gasteiger partial charge in [-0.15, -0.1) is 0 Å². The summed E-state index contributed by atoms with van der Waals surface area (Å²) < 4.78 is 10.2. The molecule has 0 bridgehead atoms. The minimum atomic E-state index is -0.764. The summed E-state index contributed by atoms with van der Waals surface area (Å²) in [5.74, 6) is -0.506. The van der Waals surface area contributed by atoms with E-state index in [1.807, 2.05) is 0 Å². The lowest BCUT2D eigenvalue weighted by Crippen LogP contribution is -2.44. The lowest BCUT2D eigenvalue weighted by molar-refractivity contribution is -0.148. The van der Waals surface area contributed by atoms with Gasteiger partial charge in [-0.25, -0.2) is 9.59 Å². The zero-order valence-corrected chi connectivity index (χ0v) is 12.2. The maximum absolute atomic E-state index is 12.1. The van der Waals surface area contributed by atoms with Gasteiger partial charge >= 0.3 is 12.1 Å². The molecule has 2 atom stereocenters. The monoisotopic (exact) mass is 284 g/mol. The third kappa shape index (κ3) is 4.31. The van der Waals surface area contributed by atoms with Crippen LogP contribution in [-0.2, 0) is 14.3 Å². The second-order valence-electron chi connectivity index (χ2n) is 5.49. The maximum atomic E-state index is 12.1. The third-order valence-corrected chi connectivity index (χ3v) is 2.68. The fourth-order valence-electron chi connectivity index (χ4n) is 1.95. The van der Waals surface area contributed by atoms with Gasteiger partial charge in [0, 0.05) is 11.5 Å². The van der Waals surface area contributed by atoms with E-state index in [4.69, 9.17) is 15.0 Å². The summed E-state index contributed by atoms with van der Waals surface area (Å²) in [5, 5.41) is 3.57. The highest BCUT2D eigenvalue weighted by molar-refractivity contribution is 5.82. The van der Waals surface area contributed by atoms with Crippen molar-refractivity contribution < 1.29 is 19.1 Å². The van der Waals surface area contributed by atoms with Gasteiger partial charge in [0.05, 0.1) is 12.6 Å². The molecule has 0 aromatic rings. The molecule has 1 fully saturated rings. The quantitative estimate of drug-likeness (QED) is 0.343. The van der Waals surface area contributed by atoms with Crippen molar-refractivity contribution in [3.63, 3.8) is 0 Å². The molecule has 0 aromatic carbocycles. The number of azide groups is 1. The average Bonchev–Trinajstić information content (AvgIpc) is 2.72. The van der Waals surface area contributed by atoms with Crippen molar-refractivity contribution in [3.05, 3.63) is 10.4 Å². The molecule has 0 saturated carbocycles. The van der Waals surface area contributed by atoms with Crippen molar-refractivity contribution >= 4 is 12.1 Å². The van der Waals surface area contributed by atoms with E-state index in [2.05, 4.69) is 10.0 Å². The molecular weight excluding hydrogens is 264 g/mol. The molecule has 0 radical (unpaired) electrons. The third-order valence-electron chi connectivity index (χ3n) is 2.68. The minimum absolute atomic E-state index is 0.155. The van der Waals surface area contributed by atoms with Crippen LogP contribution in [0.4, 0.5) is 4.79 Å². The first-order valence-corrected chi connectivity index (χ1v) is 6.49. The Labute approximate surface area is 117 Å². The summed E-state index contributed by atoms with van der Waals surface area (Å²) in [6.07, 6.45) is -0.353. The van der Waals surface area contributed by atoms with E-state index < -0.39 is 29.7 Å². The molecule has 2 unspecified atom stereocenters. The number of esters is 1. The Kier molecular flexibility index (Phi) is 5.21. The lowest BCUT2D eigenvalue weighted by atomic mass is 10.2. The standard InChI is InChI=1S/C12H20N4O4/c1-5-19-10(17)9-6-8(14-15-13)7-16(9)11(18)20-12(2,3)4/h8-9H,5-7H2,1-4H3. The first-order valence-electron chi connectivity index (χ1n) is 6.49. The molecule has 1 heterocycles. The number of hydrogen-bond acceptors (Lipinski definition) is 5. The highest BCUT2D eigenvalue weighted by Gasteiger charge is 2.41. The van der Waals surface area contributed by atoms with Crippen molar-refractivity contribution in [1.82, 2.24) is 4.90 Å². The van der Waals surface area contributed by atoms with Gasteiger partial charge in [0.1, 0.15) is 11.6 Å². The molecule has 112 valence electrons. The van der Waals surface area contributed by atoms with Gasteiger partial charge in [0.2, 0.25) is 0 Å². The number of amides is 1. The molecule has 1 aliphatic rings. The van der Waals surface area contributed by atoms with E-state index in [1.165, 1.54) is 4.90 Å². The predicted octanol–water partition coefficient (Wildman–Crippen LogP) is 2.24. The zero-order chi connectivity index (χ0) is 15.3. The first kappa shape index (κ1) is 16.1. The molecule has 20 heavy (non-hydrogen) atoms. The van der Waals surface area contributed by atoms with E-state index >= 15 is 0 Å². The molecular formula is C12H20N4O4. The zero-order valence-electron chi connectivity index (χ0n) is 12.2. The molecule has 0 N–H and O–H groups in total. The van der Waals surface area contributed by atoms with Crippen LogP contribution in [-0.4, -0.2) is 47.8 Å². The second-order valence-corrected chi connectivity index (χ2v) is 5.49. The van der Waals surface area contributed by atoms with Gasteiger partial charge in [-0.2, -0.15) is 0 Å². The van der Waals surface area contributed by atoms with Crippen LogP contribution < -0.4 is 0 Å². The summed E-state index contributed by atoms with van der Waals surface area (Å²) in [6.45, 7) is 7.30. The van der Waals surface area contributed by atoms with Crippen molar-refractivity contribution in [3.8, 4) is 0 Å². The Morgan fingerprint density at radius 2 is 2.10 bits per heavy atom. The SMILES string of the molecule is CCOC(=O)C1CC(N=[N+]=[N-])CN1C(=O)OC(C)(C)C. The average molecular weight is 284 g/mol. The van der Waals surface area contributed by atoms with Crippen LogP contribution in [0.5, 0.6) is 0 Å². The summed E-state index contributed by atoms with van der Waals surface area (Å²) >= 11 is 0. The van der Waals surface area contributed by atoms with Crippen LogP contribution in [0.3, 0.4) is 0 Å². The van der Waals surface area contributed by atoms with Crippen molar-refractivity contribution in [2.24, 2.45) is 5.11 Å². The maximum Gasteiger partial charge on any atom is 0.411 e. The molecule has 8 nitrogen and oxygen atoms in total. The van der Waals surface area contributed by atoms with Crippen LogP contribution in [0.1, 0.15) is 34.1 Å². The Balaban J connectivity index is 2.85. The molecule has 1 rings (SSSR count). The number of rotatable bonds is 3. The Morgan fingerprint density at radius 1 is 1.45 bits per heavy atom. The highest BCUT2D eigenvalue weighted by atomic mass is 16.6. The highest BCUT2D eigenvalue weighted by Crippen LogP contribution is 2.24. The summed E-state index contributed by atoms with van der Waals surface area (Å²) in [4.78, 5) is 27.9. The summed E-state index contributed by atoms with van der Waals surface area (Å²) in [5.41, 5.74) is 7.81. The Hall–Kier alpha value is -1.95. The fraction of sp³-hybridized carbons (Fsp3) is 0.833. The number of carbonyl (C=O) groups is 2. The largest absolute Gasteiger partial charge is 0.464 e. The van der Waals surface area contributed by atoms with Gasteiger partial charge < -0.3 is 9.47 Å². The van der Waals surface area contributed by atoms with E-state index in [1.54, 1.807) is 27.7 Å². The minimum Gasteiger partial charge on any atom is -0.464 e. The normalized spacial score (nSPS) is 22.1. The molecule has 0 aliphatic carbocycles. The van der Waals surface area contributed by atoms with Gasteiger partial charge in [-0.1, -0.05) is 5.11 Å². The van der Waals surface area contributed by atoms with Crippen LogP contribution in [0.15, 0.2) is 5.11 Å². The van der Waals surface area contributed by atoms with Crippen LogP contribution in [0.25, 0.3) is 10.4 Å². The van der Waals surface area contributed by atoms with Crippen molar-refractivity contribution in [1.29, 1.82) is 0 Å². The number of carbonyl (C=O) groups excluding carboxylic acids is 2. The van der Waals surface area contributed by atoms with Gasteiger partial charge in [-0.05, 0) is 39.6 Å². The van der Waals surface area contributed by atoms with E-state index in [0.29, 0.717) is 0 Å². The number of hydrogen-bond donors (Lipinski definition) is 0. The summed E-state index contributed by atoms with van der Waals surface area (Å²) in [7, 11) is 0. The van der Waals surface area contributed by atoms with E-state index in [9.17, 15) is 9.59 Å². The fourth-order valence-corrected chi connectivity index (χ4v) is 1.95. The topological polar surface area (TPSA) is 105 Å². The van der Waals surface area contributed by atoms with Crippen LogP contribution in [0.2, 0.25) is 0 Å². The molecule has 1 amide bonds. The number of nitrogens with zero attached hydrogens (tertiary/aromatic N) is 4. The van der Waals surface area contributed by atoms with Crippen molar-refractivity contribution in [2.75, 3.05) is 13.2 Å². The Morgan fingerprint density at radius 3 is 2.60 bits per heavy atom. The lowest BCUT2D eigenvalue weighted by Gasteiger charge is -2.27. The molecule has 1 aliphatic heterocycles. The number of likely N-dealkylation sites (tertiary alicyclic amines) is 1. The number of ether oxygens (including phenoxy) is 2. The molecule has 0 aromatic heterocycles. The van der Waals surface area contributed by atoms with Gasteiger partial charge in [-0.3, -0.25) is 4.90 Å². The predicted molar refractivity (Wildman–Crippen MR) is 70.9 cm³/mol. The second kappa shape index (κ2) is 6.47. The Bertz CT molecular complexity index is 426. The molecule has 0 spiro atoms. The molecule has 1 saturated heterocycles. The van der Waals surface area contributed by atoms with Crippen LogP contribution >= 0.6 is 0 Å². The van der Waals surface area contributed by atoms with Crippen LogP contribution in [0, 0.1) is 0 Å². The molecule has 8 heteroatoms. The van der Waals surface area contributed by atoms with E-state index in [0.717, 1.165) is 0 Å². The van der Waals surface area contributed by atoms with Crippen molar-refractivity contribution in [2.45, 2.75) is 51.8 Å². The van der Waals surface area contributed by atoms with Gasteiger partial charge in [0.15, 0.2) is 0 Å². The van der Waals surface area contributed by atoms with E-state index in [-0.39, 0.29) is 19.6 Å².